The second-order valence-corrected chi connectivity index (χ2v) is 15.1. The number of nitrogens with zero attached hydrogens (tertiary/aromatic N) is 1. The number of carbonyl (C=O) groups is 7. The zero-order valence-electron chi connectivity index (χ0n) is 39.1. The maximum atomic E-state index is 11.4. The van der Waals surface area contributed by atoms with Crippen molar-refractivity contribution >= 4 is 41.8 Å². The smallest absolute Gasteiger partial charge is 0.330 e. The molecule has 0 saturated carbocycles. The number of aliphatic hydroxyl groups is 1. The molecule has 0 spiro atoms. The monoisotopic (exact) mass is 907 g/mol. The molecule has 2 aliphatic heterocycles. The van der Waals surface area contributed by atoms with Crippen molar-refractivity contribution in [3.05, 3.63) is 50.6 Å². The first-order chi connectivity index (χ1) is 28.5. The maximum absolute atomic E-state index is 11.4. The predicted molar refractivity (Wildman–Crippen MR) is 237 cm³/mol. The van der Waals surface area contributed by atoms with Crippen molar-refractivity contribution < 1.29 is 76.9 Å². The molecule has 63 heavy (non-hydrogen) atoms. The predicted octanol–water partition coefficient (Wildman–Crippen LogP) is 3.78. The highest BCUT2D eigenvalue weighted by molar-refractivity contribution is 5.82. The fraction of sp³-hybridized carbons (Fsp3) is 0.651. The molecule has 0 aromatic heterocycles. The number of esters is 6. The molecular formula is C43H78N4O16. The van der Waals surface area contributed by atoms with Crippen molar-refractivity contribution in [2.24, 2.45) is 23.2 Å². The minimum Gasteiger partial charge on any atom is -0.481 e. The van der Waals surface area contributed by atoms with Crippen LogP contribution in [-0.4, -0.2) is 148 Å². The Kier molecular flexibility index (Phi) is 42.4. The van der Waals surface area contributed by atoms with E-state index < -0.39 is 24.0 Å². The molecule has 2 rings (SSSR count). The zero-order valence-corrected chi connectivity index (χ0v) is 39.1. The topological polar surface area (TPSA) is 313 Å². The quantitative estimate of drug-likeness (QED) is 0.0302. The summed E-state index contributed by atoms with van der Waals surface area (Å²) in [6, 6.07) is 0.678. The molecule has 0 aromatic carbocycles. The van der Waals surface area contributed by atoms with Gasteiger partial charge in [-0.05, 0) is 6.92 Å². The second-order valence-electron chi connectivity index (χ2n) is 15.1. The van der Waals surface area contributed by atoms with E-state index in [1.54, 1.807) is 27.7 Å². The van der Waals surface area contributed by atoms with Gasteiger partial charge in [0, 0.05) is 68.4 Å². The zero-order chi connectivity index (χ0) is 47.6. The highest BCUT2D eigenvalue weighted by atomic mass is 16.6. The number of hydrogen-bond donors (Lipinski definition) is 5. The molecule has 2 aliphatic rings. The van der Waals surface area contributed by atoms with Crippen LogP contribution in [0.5, 0.6) is 0 Å². The third kappa shape index (κ3) is 46.3. The van der Waals surface area contributed by atoms with Crippen molar-refractivity contribution in [2.45, 2.75) is 87.0 Å². The number of rotatable bonds is 24. The molecule has 20 nitrogen and oxygen atoms in total. The lowest BCUT2D eigenvalue weighted by atomic mass is 9.95. The molecular weight excluding hydrogens is 828 g/mol. The summed E-state index contributed by atoms with van der Waals surface area (Å²) < 4.78 is 33.7. The van der Waals surface area contributed by atoms with Gasteiger partial charge >= 0.3 is 41.8 Å². The summed E-state index contributed by atoms with van der Waals surface area (Å²) >= 11 is 0. The molecule has 0 radical (unpaired) electrons. The van der Waals surface area contributed by atoms with E-state index in [4.69, 9.17) is 28.8 Å². The van der Waals surface area contributed by atoms with E-state index in [-0.39, 0.29) is 85.1 Å². The third-order valence-corrected chi connectivity index (χ3v) is 7.37. The van der Waals surface area contributed by atoms with Crippen LogP contribution in [0.1, 0.15) is 68.7 Å². The molecule has 2 fully saturated rings. The molecule has 366 valence electrons. The Morgan fingerprint density at radius 3 is 1.57 bits per heavy atom. The molecule has 0 amide bonds. The van der Waals surface area contributed by atoms with E-state index in [0.717, 1.165) is 31.3 Å². The number of aliphatic carboxylic acids is 1. The molecule has 4 atom stereocenters. The number of carbonyl (C=O) groups excluding carboxylic acids is 6. The van der Waals surface area contributed by atoms with Crippen LogP contribution in [0.25, 0.3) is 0 Å². The van der Waals surface area contributed by atoms with Crippen molar-refractivity contribution in [3.63, 3.8) is 0 Å². The van der Waals surface area contributed by atoms with E-state index in [0.29, 0.717) is 52.2 Å². The molecule has 4 unspecified atom stereocenters. The van der Waals surface area contributed by atoms with Crippen LogP contribution >= 0.6 is 0 Å². The van der Waals surface area contributed by atoms with E-state index in [1.807, 2.05) is 27.7 Å². The van der Waals surface area contributed by atoms with Gasteiger partial charge in [0.1, 0.15) is 32.5 Å². The van der Waals surface area contributed by atoms with Crippen molar-refractivity contribution in [3.8, 4) is 0 Å². The van der Waals surface area contributed by atoms with Crippen LogP contribution in [0.2, 0.25) is 0 Å². The molecule has 0 aromatic rings. The van der Waals surface area contributed by atoms with Crippen molar-refractivity contribution in [1.29, 1.82) is 0 Å². The SMILES string of the molecule is C=CC(=O)OCC(O)CCOC(=O)C(C)C.C=CC(=O)OCC1CO1.C=CC(=O)OCCN1CC1C.C=CC(=O)OCCNCC(C)(C)COC(=O)C(C)C.CC(C)C(=O)O.N.N. The van der Waals surface area contributed by atoms with Gasteiger partial charge in [0.2, 0.25) is 0 Å². The van der Waals surface area contributed by atoms with Crippen LogP contribution in [0.3, 0.4) is 0 Å². The summed E-state index contributed by atoms with van der Waals surface area (Å²) in [5.74, 6) is -3.49. The Balaban J connectivity index is -0.000000231. The van der Waals surface area contributed by atoms with Gasteiger partial charge in [0.25, 0.3) is 0 Å². The minimum absolute atomic E-state index is 0. The van der Waals surface area contributed by atoms with E-state index in [1.165, 1.54) is 6.08 Å². The van der Waals surface area contributed by atoms with Crippen molar-refractivity contribution in [2.75, 3.05) is 72.4 Å². The summed E-state index contributed by atoms with van der Waals surface area (Å²) in [5.41, 5.74) is -0.160. The number of carboxylic acids is 1. The van der Waals surface area contributed by atoms with Crippen LogP contribution in [0.15, 0.2) is 50.6 Å². The largest absolute Gasteiger partial charge is 0.481 e. The van der Waals surface area contributed by atoms with Gasteiger partial charge in [-0.2, -0.15) is 0 Å². The number of aliphatic hydroxyl groups excluding tert-OH is 1. The van der Waals surface area contributed by atoms with Gasteiger partial charge in [-0.3, -0.25) is 19.3 Å². The van der Waals surface area contributed by atoms with Crippen LogP contribution < -0.4 is 17.6 Å². The van der Waals surface area contributed by atoms with E-state index >= 15 is 0 Å². The second kappa shape index (κ2) is 39.8. The Bertz CT molecular complexity index is 1370. The fourth-order valence-electron chi connectivity index (χ4n) is 3.30. The lowest BCUT2D eigenvalue weighted by molar-refractivity contribution is -0.150. The fourth-order valence-corrected chi connectivity index (χ4v) is 3.30. The highest BCUT2D eigenvalue weighted by Crippen LogP contribution is 2.15. The standard InChI is InChI=1S/C14H25NO4.C11H18O5.C8H13NO2.C6H8O3.C4H8O2.2H3N/c1-6-12(16)18-8-7-15-9-14(4,5)10-19-13(17)11(2)3;1-4-10(13)16-7-9(12)5-6-15-11(14)8(2)3;1-3-8(10)11-5-4-9-6-7(9)2;1-2-6(7)9-4-5-3-8-5;1-3(2)4(5)6;;/h6,11,15H,1,7-10H2,2-5H3;4,8-9,12H,1,5-7H2,2-3H3;3,7H,1,4-6H2,2H3;2,5H,1,3-4H2;3H,1-2H3,(H,5,6);2*1H3. The Hall–Kier alpha value is -4.99. The van der Waals surface area contributed by atoms with Gasteiger partial charge in [-0.1, -0.05) is 81.7 Å². The lowest BCUT2D eigenvalue weighted by Crippen LogP contribution is -2.36. The molecule has 20 heteroatoms. The summed E-state index contributed by atoms with van der Waals surface area (Å²) in [4.78, 5) is 76.7. The normalized spacial score (nSPS) is 15.4. The number of hydrogen-bond acceptors (Lipinski definition) is 19. The molecule has 0 bridgehead atoms. The Labute approximate surface area is 373 Å². The van der Waals surface area contributed by atoms with E-state index in [2.05, 4.69) is 52.9 Å². The van der Waals surface area contributed by atoms with Gasteiger partial charge in [0.15, 0.2) is 0 Å². The summed E-state index contributed by atoms with van der Waals surface area (Å²) in [7, 11) is 0. The molecule has 9 N–H and O–H groups in total. The van der Waals surface area contributed by atoms with Crippen LogP contribution in [0, 0.1) is 23.2 Å². The maximum Gasteiger partial charge on any atom is 0.330 e. The van der Waals surface area contributed by atoms with Gasteiger partial charge in [0.05, 0.1) is 43.7 Å². The highest BCUT2D eigenvalue weighted by Gasteiger charge is 2.28. The summed E-state index contributed by atoms with van der Waals surface area (Å²) in [5, 5.41) is 20.5. The first-order valence-corrected chi connectivity index (χ1v) is 19.9. The van der Waals surface area contributed by atoms with Gasteiger partial charge in [-0.15, -0.1) is 0 Å². The molecule has 2 heterocycles. The van der Waals surface area contributed by atoms with Gasteiger partial charge < -0.3 is 61.0 Å². The first kappa shape index (κ1) is 67.1. The summed E-state index contributed by atoms with van der Waals surface area (Å²) in [6.45, 7) is 35.0. The first-order valence-electron chi connectivity index (χ1n) is 19.9. The van der Waals surface area contributed by atoms with E-state index in [9.17, 15) is 38.7 Å². The number of ether oxygens (including phenoxy) is 7. The van der Waals surface area contributed by atoms with Crippen molar-refractivity contribution in [1.82, 2.24) is 22.5 Å². The number of carboxylic acid groups (broad SMARTS) is 1. The van der Waals surface area contributed by atoms with Crippen LogP contribution in [-0.2, 0) is 66.7 Å². The summed E-state index contributed by atoms with van der Waals surface area (Å²) in [6.07, 6.45) is 4.04. The number of nitrogens with one attached hydrogen (secondary N) is 1. The van der Waals surface area contributed by atoms with Gasteiger partial charge in [-0.25, -0.2) is 19.2 Å². The van der Waals surface area contributed by atoms with Crippen LogP contribution in [0.4, 0.5) is 0 Å². The Morgan fingerprint density at radius 2 is 1.16 bits per heavy atom. The minimum atomic E-state index is -0.830. The number of epoxide rings is 1. The third-order valence-electron chi connectivity index (χ3n) is 7.37. The lowest BCUT2D eigenvalue weighted by Gasteiger charge is -2.25. The molecule has 2 saturated heterocycles. The average molecular weight is 907 g/mol. The Morgan fingerprint density at radius 1 is 0.730 bits per heavy atom. The molecule has 0 aliphatic carbocycles. The average Bonchev–Trinajstić information content (AvgIpc) is 4.16.